The van der Waals surface area contributed by atoms with Gasteiger partial charge in [0.15, 0.2) is 6.10 Å². The number of carbonyl (C=O) groups is 1. The zero-order chi connectivity index (χ0) is 12.8. The van der Waals surface area contributed by atoms with Gasteiger partial charge in [-0.25, -0.2) is 4.79 Å². The van der Waals surface area contributed by atoms with Crippen molar-refractivity contribution in [1.29, 1.82) is 0 Å². The Kier molecular flexibility index (Phi) is 5.37. The highest BCUT2D eigenvalue weighted by atomic mass is 32.2. The molecule has 0 radical (unpaired) electrons. The van der Waals surface area contributed by atoms with Crippen molar-refractivity contribution in [1.82, 2.24) is 0 Å². The Labute approximate surface area is 102 Å². The molecule has 0 saturated carbocycles. The topological polar surface area (TPSA) is 46.5 Å². The molecule has 0 bridgehead atoms. The smallest absolute Gasteiger partial charge is 0.339 e. The van der Waals surface area contributed by atoms with Crippen LogP contribution in [0, 0.1) is 0 Å². The number of hydrogen-bond donors (Lipinski definition) is 1. The predicted octanol–water partition coefficient (Wildman–Crippen LogP) is 2.60. The molecule has 0 heterocycles. The number of esters is 1. The molecule has 0 fully saturated rings. The van der Waals surface area contributed by atoms with E-state index < -0.39 is 17.8 Å². The number of ether oxygens (including phenoxy) is 1. The normalized spacial score (nSPS) is 12.5. The largest absolute Gasteiger partial charge is 0.464 e. The van der Waals surface area contributed by atoms with Gasteiger partial charge in [-0.05, 0) is 13.0 Å². The fourth-order valence-corrected chi connectivity index (χ4v) is 1.92. The molecule has 0 amide bonds. The van der Waals surface area contributed by atoms with Crippen LogP contribution < -0.4 is 0 Å². The van der Waals surface area contributed by atoms with Gasteiger partial charge in [-0.15, -0.1) is 0 Å². The van der Waals surface area contributed by atoms with Gasteiger partial charge in [0.25, 0.3) is 5.76 Å². The molecule has 1 aromatic carbocycles. The number of aliphatic hydroxyl groups excluding tert-OH is 1. The number of halogens is 2. The molecule has 0 aliphatic carbocycles. The van der Waals surface area contributed by atoms with Crippen LogP contribution in [0.25, 0.3) is 0 Å². The van der Waals surface area contributed by atoms with Gasteiger partial charge in [0.2, 0.25) is 0 Å². The molecular weight excluding hydrogens is 250 g/mol. The molecule has 1 N–H and O–H groups in total. The maximum atomic E-state index is 12.3. The molecular formula is C11H12F2O3S. The molecule has 0 aromatic heterocycles. The van der Waals surface area contributed by atoms with E-state index in [1.165, 1.54) is 12.1 Å². The van der Waals surface area contributed by atoms with Crippen molar-refractivity contribution in [3.05, 3.63) is 29.8 Å². The van der Waals surface area contributed by atoms with E-state index in [4.69, 9.17) is 0 Å². The number of hydrogen-bond acceptors (Lipinski definition) is 4. The molecule has 0 spiro atoms. The number of benzene rings is 1. The average Bonchev–Trinajstić information content (AvgIpc) is 2.28. The summed E-state index contributed by atoms with van der Waals surface area (Å²) < 4.78 is 29.2. The second-order valence-electron chi connectivity index (χ2n) is 3.07. The van der Waals surface area contributed by atoms with E-state index in [2.05, 4.69) is 4.74 Å². The van der Waals surface area contributed by atoms with Crippen molar-refractivity contribution in [2.45, 2.75) is 23.7 Å². The monoisotopic (exact) mass is 262 g/mol. The van der Waals surface area contributed by atoms with E-state index in [0.717, 1.165) is 0 Å². The summed E-state index contributed by atoms with van der Waals surface area (Å²) in [4.78, 5) is 11.5. The highest BCUT2D eigenvalue weighted by Gasteiger charge is 2.22. The van der Waals surface area contributed by atoms with Crippen molar-refractivity contribution in [3.63, 3.8) is 0 Å². The minimum absolute atomic E-state index is 0.125. The van der Waals surface area contributed by atoms with Crippen LogP contribution in [0.4, 0.5) is 8.78 Å². The van der Waals surface area contributed by atoms with Gasteiger partial charge < -0.3 is 9.84 Å². The van der Waals surface area contributed by atoms with Gasteiger partial charge in [0, 0.05) is 10.5 Å². The maximum absolute atomic E-state index is 12.3. The zero-order valence-electron chi connectivity index (χ0n) is 9.10. The minimum atomic E-state index is -2.61. The number of thioether (sulfide) groups is 1. The van der Waals surface area contributed by atoms with E-state index in [1.807, 2.05) is 0 Å². The van der Waals surface area contributed by atoms with Crippen LogP contribution in [0.1, 0.15) is 18.6 Å². The first kappa shape index (κ1) is 13.9. The van der Waals surface area contributed by atoms with Crippen molar-refractivity contribution in [2.24, 2.45) is 0 Å². The third kappa shape index (κ3) is 3.98. The second-order valence-corrected chi connectivity index (χ2v) is 4.10. The summed E-state index contributed by atoms with van der Waals surface area (Å²) in [7, 11) is 0. The summed E-state index contributed by atoms with van der Waals surface area (Å²) in [6, 6.07) is 5.97. The lowest BCUT2D eigenvalue weighted by Crippen LogP contribution is -2.16. The van der Waals surface area contributed by atoms with E-state index >= 15 is 0 Å². The highest BCUT2D eigenvalue weighted by Crippen LogP contribution is 2.32. The lowest BCUT2D eigenvalue weighted by molar-refractivity contribution is -0.153. The molecule has 94 valence electrons. The van der Waals surface area contributed by atoms with Crippen LogP contribution in [0.5, 0.6) is 0 Å². The van der Waals surface area contributed by atoms with Crippen molar-refractivity contribution >= 4 is 17.7 Å². The van der Waals surface area contributed by atoms with Gasteiger partial charge in [-0.1, -0.05) is 30.0 Å². The predicted molar refractivity (Wildman–Crippen MR) is 59.9 cm³/mol. The van der Waals surface area contributed by atoms with Crippen LogP contribution in [0.2, 0.25) is 0 Å². The van der Waals surface area contributed by atoms with E-state index in [1.54, 1.807) is 19.1 Å². The van der Waals surface area contributed by atoms with Crippen LogP contribution >= 0.6 is 11.8 Å². The van der Waals surface area contributed by atoms with Crippen molar-refractivity contribution in [2.75, 3.05) is 6.61 Å². The van der Waals surface area contributed by atoms with E-state index in [-0.39, 0.29) is 28.8 Å². The van der Waals surface area contributed by atoms with Gasteiger partial charge in [-0.2, -0.15) is 8.78 Å². The molecule has 17 heavy (non-hydrogen) atoms. The fourth-order valence-electron chi connectivity index (χ4n) is 1.26. The summed E-state index contributed by atoms with van der Waals surface area (Å²) in [5.41, 5.74) is 0.135. The summed E-state index contributed by atoms with van der Waals surface area (Å²) >= 11 is 0.288. The molecule has 0 aliphatic rings. The van der Waals surface area contributed by atoms with Crippen LogP contribution in [-0.2, 0) is 9.53 Å². The lowest BCUT2D eigenvalue weighted by atomic mass is 10.1. The molecule has 0 saturated heterocycles. The Morgan fingerprint density at radius 1 is 1.47 bits per heavy atom. The highest BCUT2D eigenvalue weighted by molar-refractivity contribution is 7.99. The van der Waals surface area contributed by atoms with E-state index in [9.17, 15) is 18.7 Å². The molecule has 6 heteroatoms. The number of rotatable bonds is 5. The van der Waals surface area contributed by atoms with Gasteiger partial charge in [0.05, 0.1) is 6.61 Å². The summed E-state index contributed by atoms with van der Waals surface area (Å²) in [6.45, 7) is 1.73. The van der Waals surface area contributed by atoms with Crippen LogP contribution in [0.15, 0.2) is 29.2 Å². The summed E-state index contributed by atoms with van der Waals surface area (Å²) in [6.07, 6.45) is -1.53. The quantitative estimate of drug-likeness (QED) is 0.654. The number of alkyl halides is 2. The SMILES string of the molecule is CCOC(=O)C(O)c1ccccc1SC(F)F. The Bertz CT molecular complexity index is 385. The second kappa shape index (κ2) is 6.56. The van der Waals surface area contributed by atoms with E-state index in [0.29, 0.717) is 0 Å². The molecule has 1 aromatic rings. The first-order chi connectivity index (χ1) is 8.06. The van der Waals surface area contributed by atoms with Gasteiger partial charge in [0.1, 0.15) is 0 Å². The molecule has 3 nitrogen and oxygen atoms in total. The third-order valence-corrected chi connectivity index (χ3v) is 2.74. The van der Waals surface area contributed by atoms with Gasteiger partial charge >= 0.3 is 5.97 Å². The summed E-state index contributed by atoms with van der Waals surface area (Å²) in [5.74, 6) is -3.44. The first-order valence-corrected chi connectivity index (χ1v) is 5.82. The molecule has 0 aliphatic heterocycles. The zero-order valence-corrected chi connectivity index (χ0v) is 9.92. The van der Waals surface area contributed by atoms with Crippen LogP contribution in [-0.4, -0.2) is 23.4 Å². The Balaban J connectivity index is 2.92. The maximum Gasteiger partial charge on any atom is 0.339 e. The average molecular weight is 262 g/mol. The Morgan fingerprint density at radius 3 is 2.71 bits per heavy atom. The molecule has 1 atom stereocenters. The van der Waals surface area contributed by atoms with Crippen LogP contribution in [0.3, 0.4) is 0 Å². The van der Waals surface area contributed by atoms with Gasteiger partial charge in [-0.3, -0.25) is 0 Å². The standard InChI is InChI=1S/C11H12F2O3S/c1-2-16-10(15)9(14)7-5-3-4-6-8(7)17-11(12)13/h3-6,9,11,14H,2H2,1H3. The fraction of sp³-hybridized carbons (Fsp3) is 0.364. The third-order valence-electron chi connectivity index (χ3n) is 1.94. The molecule has 1 rings (SSSR count). The van der Waals surface area contributed by atoms with Crippen molar-refractivity contribution < 1.29 is 23.4 Å². The Hall–Kier alpha value is -1.14. The molecule has 1 unspecified atom stereocenters. The minimum Gasteiger partial charge on any atom is -0.464 e. The first-order valence-electron chi connectivity index (χ1n) is 4.94. The number of aliphatic hydroxyl groups is 1. The summed E-state index contributed by atoms with van der Waals surface area (Å²) in [5, 5.41) is 9.68. The van der Waals surface area contributed by atoms with Crippen molar-refractivity contribution in [3.8, 4) is 0 Å². The lowest BCUT2D eigenvalue weighted by Gasteiger charge is -2.13. The Morgan fingerprint density at radius 2 is 2.12 bits per heavy atom. The number of carbonyl (C=O) groups excluding carboxylic acids is 1.